The standard InChI is InChI=1S/C16H15F3N2/c17-16(18,19)14-9-13(5-6-15(14)20)21-8-7-11-3-1-2-4-12(11)10-21/h1-6,9H,7-8,10,20H2. The Labute approximate surface area is 121 Å². The Kier molecular flexibility index (Phi) is 3.27. The van der Waals surface area contributed by atoms with E-state index in [1.165, 1.54) is 11.6 Å². The summed E-state index contributed by atoms with van der Waals surface area (Å²) in [6.07, 6.45) is -3.59. The molecule has 0 spiro atoms. The fraction of sp³-hybridized carbons (Fsp3) is 0.250. The zero-order valence-electron chi connectivity index (χ0n) is 11.3. The second-order valence-electron chi connectivity index (χ2n) is 5.21. The van der Waals surface area contributed by atoms with Crippen LogP contribution < -0.4 is 10.6 Å². The molecule has 0 atom stereocenters. The molecule has 0 amide bonds. The summed E-state index contributed by atoms with van der Waals surface area (Å²) in [5.74, 6) is 0. The van der Waals surface area contributed by atoms with E-state index in [-0.39, 0.29) is 5.69 Å². The van der Waals surface area contributed by atoms with Crippen molar-refractivity contribution in [2.75, 3.05) is 17.2 Å². The quantitative estimate of drug-likeness (QED) is 0.809. The van der Waals surface area contributed by atoms with Gasteiger partial charge in [-0.05, 0) is 35.7 Å². The summed E-state index contributed by atoms with van der Waals surface area (Å²) in [7, 11) is 0. The summed E-state index contributed by atoms with van der Waals surface area (Å²) >= 11 is 0. The predicted molar refractivity (Wildman–Crippen MR) is 77.1 cm³/mol. The van der Waals surface area contributed by atoms with Gasteiger partial charge in [-0.15, -0.1) is 0 Å². The highest BCUT2D eigenvalue weighted by Gasteiger charge is 2.33. The number of nitrogens with two attached hydrogens (primary N) is 1. The Morgan fingerprint density at radius 2 is 1.71 bits per heavy atom. The Morgan fingerprint density at radius 1 is 1.00 bits per heavy atom. The van der Waals surface area contributed by atoms with Gasteiger partial charge in [-0.3, -0.25) is 0 Å². The summed E-state index contributed by atoms with van der Waals surface area (Å²) in [6.45, 7) is 1.33. The Balaban J connectivity index is 1.92. The summed E-state index contributed by atoms with van der Waals surface area (Å²) in [6, 6.07) is 12.1. The second kappa shape index (κ2) is 4.98. The SMILES string of the molecule is Nc1ccc(N2CCc3ccccc3C2)cc1C(F)(F)F. The van der Waals surface area contributed by atoms with Crippen molar-refractivity contribution in [2.24, 2.45) is 0 Å². The lowest BCUT2D eigenvalue weighted by Gasteiger charge is -2.31. The fourth-order valence-electron chi connectivity index (χ4n) is 2.70. The van der Waals surface area contributed by atoms with Gasteiger partial charge in [-0.25, -0.2) is 0 Å². The van der Waals surface area contributed by atoms with E-state index in [0.29, 0.717) is 18.8 Å². The van der Waals surface area contributed by atoms with E-state index < -0.39 is 11.7 Å². The van der Waals surface area contributed by atoms with Crippen molar-refractivity contribution in [3.8, 4) is 0 Å². The molecule has 2 aromatic rings. The summed E-state index contributed by atoms with van der Waals surface area (Å²) in [5.41, 5.74) is 7.43. The number of nitrogens with zero attached hydrogens (tertiary/aromatic N) is 1. The zero-order valence-corrected chi connectivity index (χ0v) is 11.3. The maximum absolute atomic E-state index is 12.9. The first-order chi connectivity index (χ1) is 9.95. The highest BCUT2D eigenvalue weighted by Crippen LogP contribution is 2.36. The summed E-state index contributed by atoms with van der Waals surface area (Å²) in [4.78, 5) is 1.96. The van der Waals surface area contributed by atoms with Crippen LogP contribution in [0.3, 0.4) is 0 Å². The van der Waals surface area contributed by atoms with Crippen molar-refractivity contribution in [1.29, 1.82) is 0 Å². The number of rotatable bonds is 1. The van der Waals surface area contributed by atoms with Crippen molar-refractivity contribution in [3.63, 3.8) is 0 Å². The highest BCUT2D eigenvalue weighted by atomic mass is 19.4. The molecule has 0 saturated heterocycles. The van der Waals surface area contributed by atoms with Gasteiger partial charge in [0.15, 0.2) is 0 Å². The van der Waals surface area contributed by atoms with Gasteiger partial charge >= 0.3 is 6.18 Å². The van der Waals surface area contributed by atoms with E-state index in [1.54, 1.807) is 6.07 Å². The van der Waals surface area contributed by atoms with Crippen molar-refractivity contribution in [3.05, 3.63) is 59.2 Å². The van der Waals surface area contributed by atoms with Crippen LogP contribution in [0.4, 0.5) is 24.5 Å². The third-order valence-corrected chi connectivity index (χ3v) is 3.84. The molecule has 21 heavy (non-hydrogen) atoms. The fourth-order valence-corrected chi connectivity index (χ4v) is 2.70. The molecule has 1 heterocycles. The molecular weight excluding hydrogens is 277 g/mol. The Bertz CT molecular complexity index is 665. The summed E-state index contributed by atoms with van der Waals surface area (Å²) in [5, 5.41) is 0. The largest absolute Gasteiger partial charge is 0.418 e. The van der Waals surface area contributed by atoms with Gasteiger partial charge in [0, 0.05) is 24.5 Å². The van der Waals surface area contributed by atoms with E-state index in [4.69, 9.17) is 5.73 Å². The summed E-state index contributed by atoms with van der Waals surface area (Å²) < 4.78 is 38.8. The molecule has 1 aliphatic rings. The maximum atomic E-state index is 12.9. The van der Waals surface area contributed by atoms with E-state index >= 15 is 0 Å². The molecule has 1 aliphatic heterocycles. The number of halogens is 3. The van der Waals surface area contributed by atoms with Crippen LogP contribution >= 0.6 is 0 Å². The van der Waals surface area contributed by atoms with Crippen LogP contribution in [0.15, 0.2) is 42.5 Å². The minimum Gasteiger partial charge on any atom is -0.398 e. The van der Waals surface area contributed by atoms with Crippen LogP contribution in [-0.2, 0) is 19.1 Å². The third kappa shape index (κ3) is 2.68. The predicted octanol–water partition coefficient (Wildman–Crippen LogP) is 3.85. The van der Waals surface area contributed by atoms with Gasteiger partial charge in [0.25, 0.3) is 0 Å². The number of anilines is 2. The number of fused-ring (bicyclic) bond motifs is 1. The van der Waals surface area contributed by atoms with E-state index in [1.807, 2.05) is 23.1 Å². The highest BCUT2D eigenvalue weighted by molar-refractivity contribution is 5.60. The molecule has 0 aromatic heterocycles. The average molecular weight is 292 g/mol. The first kappa shape index (κ1) is 13.8. The van der Waals surface area contributed by atoms with Gasteiger partial charge in [0.05, 0.1) is 5.56 Å². The van der Waals surface area contributed by atoms with Gasteiger partial charge in [-0.2, -0.15) is 13.2 Å². The average Bonchev–Trinajstić information content (AvgIpc) is 2.46. The molecule has 110 valence electrons. The number of alkyl halides is 3. The number of nitrogen functional groups attached to an aromatic ring is 1. The molecule has 5 heteroatoms. The monoisotopic (exact) mass is 292 g/mol. The minimum atomic E-state index is -4.42. The van der Waals surface area contributed by atoms with Crippen LogP contribution in [0.25, 0.3) is 0 Å². The zero-order chi connectivity index (χ0) is 15.0. The molecule has 0 unspecified atom stereocenters. The number of hydrogen-bond acceptors (Lipinski definition) is 2. The van der Waals surface area contributed by atoms with Crippen LogP contribution in [0.1, 0.15) is 16.7 Å². The van der Waals surface area contributed by atoms with E-state index in [2.05, 4.69) is 6.07 Å². The van der Waals surface area contributed by atoms with Crippen LogP contribution in [0.5, 0.6) is 0 Å². The minimum absolute atomic E-state index is 0.233. The first-order valence-corrected chi connectivity index (χ1v) is 6.73. The first-order valence-electron chi connectivity index (χ1n) is 6.73. The topological polar surface area (TPSA) is 29.3 Å². The Hall–Kier alpha value is -2.17. The van der Waals surface area contributed by atoms with Crippen molar-refractivity contribution in [1.82, 2.24) is 0 Å². The number of benzene rings is 2. The lowest BCUT2D eigenvalue weighted by molar-refractivity contribution is -0.136. The van der Waals surface area contributed by atoms with Crippen molar-refractivity contribution < 1.29 is 13.2 Å². The van der Waals surface area contributed by atoms with Gasteiger partial charge in [0.1, 0.15) is 0 Å². The van der Waals surface area contributed by atoms with Gasteiger partial charge < -0.3 is 10.6 Å². The van der Waals surface area contributed by atoms with Crippen LogP contribution in [-0.4, -0.2) is 6.54 Å². The maximum Gasteiger partial charge on any atom is 0.418 e. The normalized spacial score (nSPS) is 14.9. The molecule has 0 aliphatic carbocycles. The molecule has 0 bridgehead atoms. The molecule has 0 fully saturated rings. The van der Waals surface area contributed by atoms with Crippen LogP contribution in [0, 0.1) is 0 Å². The van der Waals surface area contributed by atoms with Crippen molar-refractivity contribution in [2.45, 2.75) is 19.1 Å². The van der Waals surface area contributed by atoms with Crippen molar-refractivity contribution >= 4 is 11.4 Å². The molecule has 0 radical (unpaired) electrons. The van der Waals surface area contributed by atoms with E-state index in [0.717, 1.165) is 18.1 Å². The molecule has 2 aromatic carbocycles. The lowest BCUT2D eigenvalue weighted by Crippen LogP contribution is -2.30. The molecule has 2 nitrogen and oxygen atoms in total. The van der Waals surface area contributed by atoms with Gasteiger partial charge in [-0.1, -0.05) is 24.3 Å². The number of hydrogen-bond donors (Lipinski definition) is 1. The molecular formula is C16H15F3N2. The Morgan fingerprint density at radius 3 is 2.43 bits per heavy atom. The van der Waals surface area contributed by atoms with E-state index in [9.17, 15) is 13.2 Å². The third-order valence-electron chi connectivity index (χ3n) is 3.84. The van der Waals surface area contributed by atoms with Crippen LogP contribution in [0.2, 0.25) is 0 Å². The molecule has 3 rings (SSSR count). The smallest absolute Gasteiger partial charge is 0.398 e. The van der Waals surface area contributed by atoms with Gasteiger partial charge in [0.2, 0.25) is 0 Å². The molecule has 2 N–H and O–H groups in total. The molecule has 0 saturated carbocycles. The lowest BCUT2D eigenvalue weighted by atomic mass is 9.99. The second-order valence-corrected chi connectivity index (χ2v) is 5.21.